The van der Waals surface area contributed by atoms with E-state index in [4.69, 9.17) is 15.8 Å². The smallest absolute Gasteiger partial charge is 0.379 e. The van der Waals surface area contributed by atoms with Crippen LogP contribution in [0.15, 0.2) is 0 Å². The van der Waals surface area contributed by atoms with E-state index in [0.29, 0.717) is 0 Å². The first-order valence-corrected chi connectivity index (χ1v) is 5.42. The monoisotopic (exact) mass is 210 g/mol. The van der Waals surface area contributed by atoms with Gasteiger partial charge in [0.15, 0.2) is 0 Å². The lowest BCUT2D eigenvalue weighted by atomic mass is 10.4. The number of hydrogen-bond acceptors (Lipinski definition) is 5. The Balaban J connectivity index is 4.18. The number of carbonyl (C=O) groups excluding carboxylic acids is 1. The van der Waals surface area contributed by atoms with Crippen molar-refractivity contribution < 1.29 is 18.4 Å². The molecule has 0 amide bonds. The predicted octanol–water partition coefficient (Wildman–Crippen LogP) is 0.369. The van der Waals surface area contributed by atoms with Gasteiger partial charge in [-0.25, -0.2) is 10.1 Å². The summed E-state index contributed by atoms with van der Waals surface area (Å²) in [6, 6.07) is -0.868. The van der Waals surface area contributed by atoms with Gasteiger partial charge in [0, 0.05) is 0 Å². The fourth-order valence-corrected chi connectivity index (χ4v) is 1.57. The Bertz CT molecular complexity index is 229. The van der Waals surface area contributed by atoms with E-state index in [2.05, 4.69) is 4.52 Å². The molecule has 0 aliphatic rings. The van der Waals surface area contributed by atoms with Crippen LogP contribution in [0.2, 0.25) is 0 Å². The second-order valence-corrected chi connectivity index (χ2v) is 4.37. The van der Waals surface area contributed by atoms with Gasteiger partial charge in [0.05, 0.1) is 6.10 Å². The Labute approximate surface area is 77.2 Å². The van der Waals surface area contributed by atoms with Crippen LogP contribution in [0, 0.1) is 0 Å². The topological polar surface area (TPSA) is 105 Å². The van der Waals surface area contributed by atoms with Crippen molar-refractivity contribution in [3.05, 3.63) is 0 Å². The summed E-state index contributed by atoms with van der Waals surface area (Å²) in [5.41, 5.74) is 10.3. The van der Waals surface area contributed by atoms with E-state index < -0.39 is 19.8 Å². The first-order chi connectivity index (χ1) is 5.74. The van der Waals surface area contributed by atoms with Gasteiger partial charge in [0.1, 0.15) is 6.04 Å². The zero-order chi connectivity index (χ0) is 10.6. The maximum atomic E-state index is 11.2. The lowest BCUT2D eigenvalue weighted by Gasteiger charge is -2.16. The Hall–Kier alpha value is -0.420. The molecule has 0 aromatic heterocycles. The average Bonchev–Trinajstić information content (AvgIpc) is 1.81. The van der Waals surface area contributed by atoms with E-state index in [-0.39, 0.29) is 6.10 Å². The fraction of sp³-hybridized carbons (Fsp3) is 0.833. The molecular weight excluding hydrogens is 195 g/mol. The molecule has 78 valence electrons. The molecule has 0 bridgehead atoms. The first kappa shape index (κ1) is 12.6. The molecule has 0 fully saturated rings. The van der Waals surface area contributed by atoms with Gasteiger partial charge in [-0.15, -0.1) is 0 Å². The van der Waals surface area contributed by atoms with Crippen molar-refractivity contribution in [3.8, 4) is 0 Å². The van der Waals surface area contributed by atoms with E-state index in [1.807, 2.05) is 0 Å². The van der Waals surface area contributed by atoms with Crippen molar-refractivity contribution in [2.24, 2.45) is 11.2 Å². The van der Waals surface area contributed by atoms with Crippen LogP contribution in [-0.2, 0) is 18.4 Å². The molecule has 2 atom stereocenters. The van der Waals surface area contributed by atoms with Crippen molar-refractivity contribution >= 4 is 13.7 Å². The summed E-state index contributed by atoms with van der Waals surface area (Å²) >= 11 is 0. The summed E-state index contributed by atoms with van der Waals surface area (Å²) in [4.78, 5) is 10.9. The number of carbonyl (C=O) groups is 1. The summed E-state index contributed by atoms with van der Waals surface area (Å²) in [6.07, 6.45) is -0.378. The quantitative estimate of drug-likeness (QED) is 0.649. The van der Waals surface area contributed by atoms with Gasteiger partial charge in [-0.3, -0.25) is 9.32 Å². The molecule has 0 saturated heterocycles. The summed E-state index contributed by atoms with van der Waals surface area (Å²) in [6.45, 7) is 4.65. The molecule has 0 aliphatic heterocycles. The molecule has 0 aromatic carbocycles. The molecule has 0 heterocycles. The lowest BCUT2D eigenvalue weighted by Crippen LogP contribution is -2.29. The molecular formula is C6H15N2O4P. The van der Waals surface area contributed by atoms with E-state index in [1.165, 1.54) is 6.92 Å². The minimum atomic E-state index is -3.79. The van der Waals surface area contributed by atoms with Gasteiger partial charge < -0.3 is 10.3 Å². The van der Waals surface area contributed by atoms with Crippen molar-refractivity contribution in [3.63, 3.8) is 0 Å². The zero-order valence-electron chi connectivity index (χ0n) is 7.89. The maximum Gasteiger partial charge on any atom is 0.458 e. The molecule has 0 radical (unpaired) electrons. The standard InChI is InChI=1S/C6H15N2O4P/c1-4(2)11-13(8,10)12-6(9)5(3)7/h4-5H,7H2,1-3H3,(H2,8,10). The largest absolute Gasteiger partial charge is 0.458 e. The maximum absolute atomic E-state index is 11.2. The molecule has 0 aliphatic carbocycles. The highest BCUT2D eigenvalue weighted by molar-refractivity contribution is 7.51. The number of rotatable bonds is 4. The third-order valence-electron chi connectivity index (χ3n) is 0.947. The fourth-order valence-electron chi connectivity index (χ4n) is 0.524. The van der Waals surface area contributed by atoms with Crippen LogP contribution in [-0.4, -0.2) is 18.1 Å². The number of hydrogen-bond donors (Lipinski definition) is 2. The summed E-state index contributed by atoms with van der Waals surface area (Å²) < 4.78 is 20.2. The average molecular weight is 210 g/mol. The molecule has 0 aromatic rings. The van der Waals surface area contributed by atoms with Gasteiger partial charge in [-0.05, 0) is 20.8 Å². The van der Waals surface area contributed by atoms with Crippen molar-refractivity contribution in [2.75, 3.05) is 0 Å². The van der Waals surface area contributed by atoms with E-state index >= 15 is 0 Å². The number of nitrogens with two attached hydrogens (primary N) is 2. The lowest BCUT2D eigenvalue weighted by molar-refractivity contribution is -0.136. The Morgan fingerprint density at radius 3 is 2.15 bits per heavy atom. The molecule has 6 nitrogen and oxygen atoms in total. The van der Waals surface area contributed by atoms with Crippen LogP contribution >= 0.6 is 7.75 Å². The molecule has 0 spiro atoms. The van der Waals surface area contributed by atoms with Crippen molar-refractivity contribution in [1.82, 2.24) is 0 Å². The van der Waals surface area contributed by atoms with Crippen LogP contribution in [0.4, 0.5) is 0 Å². The van der Waals surface area contributed by atoms with Crippen LogP contribution in [0.3, 0.4) is 0 Å². The predicted molar refractivity (Wildman–Crippen MR) is 47.8 cm³/mol. The third kappa shape index (κ3) is 5.76. The highest BCUT2D eigenvalue weighted by Crippen LogP contribution is 2.40. The second-order valence-electron chi connectivity index (χ2n) is 2.89. The molecule has 7 heteroatoms. The normalized spacial score (nSPS) is 18.0. The highest BCUT2D eigenvalue weighted by Gasteiger charge is 2.26. The van der Waals surface area contributed by atoms with Gasteiger partial charge in [-0.1, -0.05) is 0 Å². The summed E-state index contributed by atoms with van der Waals surface area (Å²) in [7, 11) is -3.79. The highest BCUT2D eigenvalue weighted by atomic mass is 31.2. The Morgan fingerprint density at radius 2 is 1.85 bits per heavy atom. The zero-order valence-corrected chi connectivity index (χ0v) is 8.78. The second kappa shape index (κ2) is 4.72. The van der Waals surface area contributed by atoms with Crippen molar-refractivity contribution in [2.45, 2.75) is 32.9 Å². The SMILES string of the molecule is CC(C)OP(N)(=O)OC(=O)C(C)N. The summed E-state index contributed by atoms with van der Waals surface area (Å²) in [5, 5.41) is 0. The van der Waals surface area contributed by atoms with Gasteiger partial charge in [0.2, 0.25) is 0 Å². The molecule has 2 unspecified atom stereocenters. The third-order valence-corrected chi connectivity index (χ3v) is 2.10. The van der Waals surface area contributed by atoms with E-state index in [1.54, 1.807) is 13.8 Å². The molecule has 0 saturated carbocycles. The van der Waals surface area contributed by atoms with Gasteiger partial charge >= 0.3 is 13.7 Å². The van der Waals surface area contributed by atoms with Crippen LogP contribution in [0.25, 0.3) is 0 Å². The van der Waals surface area contributed by atoms with Gasteiger partial charge in [0.25, 0.3) is 0 Å². The minimum Gasteiger partial charge on any atom is -0.379 e. The van der Waals surface area contributed by atoms with Crippen LogP contribution in [0.5, 0.6) is 0 Å². The Kier molecular flexibility index (Phi) is 4.56. The van der Waals surface area contributed by atoms with E-state index in [0.717, 1.165) is 0 Å². The first-order valence-electron chi connectivity index (χ1n) is 3.80. The molecule has 0 rings (SSSR count). The van der Waals surface area contributed by atoms with E-state index in [9.17, 15) is 9.36 Å². The van der Waals surface area contributed by atoms with Crippen molar-refractivity contribution in [1.29, 1.82) is 0 Å². The van der Waals surface area contributed by atoms with Gasteiger partial charge in [-0.2, -0.15) is 0 Å². The van der Waals surface area contributed by atoms with Crippen LogP contribution < -0.4 is 11.2 Å². The Morgan fingerprint density at radius 1 is 1.38 bits per heavy atom. The molecule has 4 N–H and O–H groups in total. The minimum absolute atomic E-state index is 0.378. The summed E-state index contributed by atoms with van der Waals surface area (Å²) in [5.74, 6) is -0.841. The van der Waals surface area contributed by atoms with Crippen LogP contribution in [0.1, 0.15) is 20.8 Å². The molecule has 13 heavy (non-hydrogen) atoms.